The van der Waals surface area contributed by atoms with Gasteiger partial charge in [-0.1, -0.05) is 0 Å². The number of ketones is 1. The van der Waals surface area contributed by atoms with Crippen LogP contribution >= 0.6 is 0 Å². The summed E-state index contributed by atoms with van der Waals surface area (Å²) in [7, 11) is 0. The highest BCUT2D eigenvalue weighted by Crippen LogP contribution is 2.45. The van der Waals surface area contributed by atoms with E-state index < -0.39 is 29.7 Å². The van der Waals surface area contributed by atoms with E-state index >= 15 is 0 Å². The molecule has 0 fully saturated rings. The monoisotopic (exact) mass is 436 g/mol. The van der Waals surface area contributed by atoms with Crippen molar-refractivity contribution in [3.63, 3.8) is 0 Å². The van der Waals surface area contributed by atoms with Crippen LogP contribution in [0.1, 0.15) is 41.9 Å². The van der Waals surface area contributed by atoms with E-state index in [4.69, 9.17) is 4.42 Å². The molecule has 0 unspecified atom stereocenters. The molecule has 31 heavy (non-hydrogen) atoms. The van der Waals surface area contributed by atoms with Crippen LogP contribution in [0, 0.1) is 11.6 Å². The lowest BCUT2D eigenvalue weighted by Gasteiger charge is -2.34. The van der Waals surface area contributed by atoms with Crippen molar-refractivity contribution in [1.29, 1.82) is 0 Å². The molecule has 1 N–H and O–H groups in total. The molecule has 3 aromatic rings. The quantitative estimate of drug-likeness (QED) is 0.596. The fourth-order valence-corrected chi connectivity index (χ4v) is 4.10. The van der Waals surface area contributed by atoms with Crippen LogP contribution in [0.3, 0.4) is 0 Å². The third-order valence-electron chi connectivity index (χ3n) is 5.32. The number of carbonyl (C=O) groups is 1. The number of anilines is 1. The van der Waals surface area contributed by atoms with Crippen LogP contribution in [0.2, 0.25) is 0 Å². The van der Waals surface area contributed by atoms with Gasteiger partial charge in [-0.15, -0.1) is 5.10 Å². The van der Waals surface area contributed by atoms with Crippen LogP contribution in [0.25, 0.3) is 0 Å². The van der Waals surface area contributed by atoms with Crippen LogP contribution in [0.4, 0.5) is 27.9 Å². The SMILES string of the molecule is O=C1C[C@H](c2ccco2)CC2=C1[C@@H](c1cc(F)cc(F)c1)n1nc(C(F)(F)F)nc1N2. The van der Waals surface area contributed by atoms with Crippen LogP contribution < -0.4 is 5.32 Å². The van der Waals surface area contributed by atoms with Crippen LogP contribution in [-0.4, -0.2) is 20.5 Å². The number of furan rings is 1. The van der Waals surface area contributed by atoms with Gasteiger partial charge in [-0.3, -0.25) is 4.79 Å². The number of halogens is 5. The second-order valence-corrected chi connectivity index (χ2v) is 7.37. The van der Waals surface area contributed by atoms with Crippen LogP contribution in [0.15, 0.2) is 52.3 Å². The zero-order valence-electron chi connectivity index (χ0n) is 15.6. The van der Waals surface area contributed by atoms with E-state index in [0.29, 0.717) is 17.5 Å². The van der Waals surface area contributed by atoms with Crippen molar-refractivity contribution < 1.29 is 31.2 Å². The molecule has 5 rings (SSSR count). The summed E-state index contributed by atoms with van der Waals surface area (Å²) < 4.78 is 73.8. The van der Waals surface area contributed by atoms with E-state index in [1.165, 1.54) is 6.26 Å². The summed E-state index contributed by atoms with van der Waals surface area (Å²) in [6, 6.07) is 4.69. The van der Waals surface area contributed by atoms with Gasteiger partial charge in [0.25, 0.3) is 5.82 Å². The number of nitrogens with zero attached hydrogens (tertiary/aromatic N) is 3. The van der Waals surface area contributed by atoms with Gasteiger partial charge < -0.3 is 9.73 Å². The second kappa shape index (κ2) is 6.76. The summed E-state index contributed by atoms with van der Waals surface area (Å²) in [4.78, 5) is 16.6. The van der Waals surface area contributed by atoms with Crippen molar-refractivity contribution >= 4 is 11.7 Å². The third-order valence-corrected chi connectivity index (χ3v) is 5.32. The highest BCUT2D eigenvalue weighted by atomic mass is 19.4. The van der Waals surface area contributed by atoms with E-state index in [0.717, 1.165) is 16.8 Å². The van der Waals surface area contributed by atoms with Gasteiger partial charge in [0.15, 0.2) is 5.78 Å². The maximum atomic E-state index is 13.9. The number of hydrogen-bond acceptors (Lipinski definition) is 5. The maximum absolute atomic E-state index is 13.9. The molecule has 2 aliphatic rings. The Balaban J connectivity index is 1.67. The molecule has 1 aliphatic carbocycles. The van der Waals surface area contributed by atoms with E-state index in [2.05, 4.69) is 15.4 Å². The van der Waals surface area contributed by atoms with Gasteiger partial charge in [0.05, 0.1) is 6.26 Å². The van der Waals surface area contributed by atoms with E-state index in [1.807, 2.05) is 0 Å². The molecular weight excluding hydrogens is 423 g/mol. The Hall–Kier alpha value is -3.50. The number of nitrogens with one attached hydrogen (secondary N) is 1. The van der Waals surface area contributed by atoms with Gasteiger partial charge in [0, 0.05) is 29.7 Å². The highest BCUT2D eigenvalue weighted by Gasteiger charge is 2.44. The van der Waals surface area contributed by atoms with Gasteiger partial charge in [0.1, 0.15) is 23.4 Å². The van der Waals surface area contributed by atoms with Gasteiger partial charge in [-0.2, -0.15) is 18.2 Å². The van der Waals surface area contributed by atoms with Gasteiger partial charge >= 0.3 is 6.18 Å². The highest BCUT2D eigenvalue weighted by molar-refractivity contribution is 6.00. The summed E-state index contributed by atoms with van der Waals surface area (Å²) in [5, 5.41) is 6.26. The number of alkyl halides is 3. The number of rotatable bonds is 2. The number of carbonyl (C=O) groups excluding carboxylic acids is 1. The van der Waals surface area contributed by atoms with Crippen LogP contribution in [-0.2, 0) is 11.0 Å². The lowest BCUT2D eigenvalue weighted by atomic mass is 9.79. The predicted molar refractivity (Wildman–Crippen MR) is 95.9 cm³/mol. The molecule has 0 amide bonds. The number of Topliss-reactive ketones (excluding diaryl/α,β-unsaturated/α-hetero) is 1. The smallest absolute Gasteiger partial charge is 0.453 e. The minimum Gasteiger partial charge on any atom is -0.469 e. The average Bonchev–Trinajstić information content (AvgIpc) is 3.34. The molecule has 2 aromatic heterocycles. The van der Waals surface area contributed by atoms with Crippen molar-refractivity contribution in [2.24, 2.45) is 0 Å². The molecule has 2 atom stereocenters. The summed E-state index contributed by atoms with van der Waals surface area (Å²) in [5.41, 5.74) is 0.371. The first-order valence-corrected chi connectivity index (χ1v) is 9.27. The Morgan fingerprint density at radius 2 is 1.87 bits per heavy atom. The number of hydrogen-bond donors (Lipinski definition) is 1. The normalized spacial score (nSPS) is 21.0. The van der Waals surface area contributed by atoms with E-state index in [9.17, 15) is 26.7 Å². The zero-order chi connectivity index (χ0) is 21.9. The zero-order valence-corrected chi connectivity index (χ0v) is 15.6. The fraction of sp³-hybridized carbons (Fsp3) is 0.250. The first-order valence-electron chi connectivity index (χ1n) is 9.27. The van der Waals surface area contributed by atoms with Crippen LogP contribution in [0.5, 0.6) is 0 Å². The number of fused-ring (bicyclic) bond motifs is 1. The molecule has 3 heterocycles. The van der Waals surface area contributed by atoms with E-state index in [-0.39, 0.29) is 41.6 Å². The minimum atomic E-state index is -4.84. The maximum Gasteiger partial charge on any atom is 0.453 e. The molecule has 0 saturated carbocycles. The van der Waals surface area contributed by atoms with Crippen molar-refractivity contribution in [2.75, 3.05) is 5.32 Å². The average molecular weight is 436 g/mol. The largest absolute Gasteiger partial charge is 0.469 e. The van der Waals surface area contributed by atoms with Gasteiger partial charge in [-0.25, -0.2) is 13.5 Å². The summed E-state index contributed by atoms with van der Waals surface area (Å²) in [6.07, 6.45) is -3.11. The molecule has 0 spiro atoms. The molecule has 1 aliphatic heterocycles. The Morgan fingerprint density at radius 1 is 1.13 bits per heavy atom. The lowest BCUT2D eigenvalue weighted by Crippen LogP contribution is -2.33. The topological polar surface area (TPSA) is 73.0 Å². The number of allylic oxidation sites excluding steroid dienone is 2. The molecule has 0 bridgehead atoms. The Labute approximate surface area is 171 Å². The molecule has 1 aromatic carbocycles. The predicted octanol–water partition coefficient (Wildman–Crippen LogP) is 4.58. The number of aromatic nitrogens is 3. The minimum absolute atomic E-state index is 0.0263. The molecule has 6 nitrogen and oxygen atoms in total. The second-order valence-electron chi connectivity index (χ2n) is 7.37. The van der Waals surface area contributed by atoms with Gasteiger partial charge in [0.2, 0.25) is 5.95 Å². The molecule has 160 valence electrons. The first-order chi connectivity index (χ1) is 14.7. The summed E-state index contributed by atoms with van der Waals surface area (Å²) >= 11 is 0. The first kappa shape index (κ1) is 19.5. The molecule has 0 radical (unpaired) electrons. The Kier molecular flexibility index (Phi) is 4.24. The standard InChI is InChI=1S/C20H13F5N4O2/c21-11-4-10(5-12(22)8-11)17-16-13(6-9(7-14(16)30)15-2-1-3-31-15)26-19-27-18(20(23,24)25)28-29(17)19/h1-5,8-9,17H,6-7H2,(H,26,27,28)/t9-,17-/m1/s1. The van der Waals surface area contributed by atoms with Crippen molar-refractivity contribution in [3.05, 3.63) is 76.6 Å². The van der Waals surface area contributed by atoms with Crippen molar-refractivity contribution in [1.82, 2.24) is 14.8 Å². The fourth-order valence-electron chi connectivity index (χ4n) is 4.10. The Morgan fingerprint density at radius 3 is 2.52 bits per heavy atom. The Bertz CT molecular complexity index is 1190. The summed E-state index contributed by atoms with van der Waals surface area (Å²) in [5.74, 6) is -3.72. The lowest BCUT2D eigenvalue weighted by molar-refractivity contribution is -0.145. The number of benzene rings is 1. The molecular formula is C20H13F5N4O2. The molecule has 11 heteroatoms. The third kappa shape index (κ3) is 3.29. The van der Waals surface area contributed by atoms with Crippen molar-refractivity contribution in [3.8, 4) is 0 Å². The van der Waals surface area contributed by atoms with Crippen molar-refractivity contribution in [2.45, 2.75) is 31.0 Å². The molecule has 0 saturated heterocycles. The summed E-state index contributed by atoms with van der Waals surface area (Å²) in [6.45, 7) is 0. The van der Waals surface area contributed by atoms with E-state index in [1.54, 1.807) is 12.1 Å². The van der Waals surface area contributed by atoms with Gasteiger partial charge in [-0.05, 0) is 36.2 Å².